The predicted molar refractivity (Wildman–Crippen MR) is 123 cm³/mol. The molecule has 5 nitrogen and oxygen atoms in total. The molecule has 148 valence electrons. The molecule has 0 aliphatic rings. The Balaban J connectivity index is 1.99. The second-order valence-corrected chi connectivity index (χ2v) is 8.08. The van der Waals surface area contributed by atoms with E-state index >= 15 is 0 Å². The van der Waals surface area contributed by atoms with Gasteiger partial charge in [0.15, 0.2) is 0 Å². The van der Waals surface area contributed by atoms with Crippen molar-refractivity contribution in [2.24, 2.45) is 0 Å². The molecule has 5 aromatic rings. The first-order valence-corrected chi connectivity index (χ1v) is 10.4. The van der Waals surface area contributed by atoms with E-state index in [1.165, 1.54) is 0 Å². The van der Waals surface area contributed by atoms with Crippen molar-refractivity contribution in [3.63, 3.8) is 0 Å². The molecule has 0 saturated heterocycles. The van der Waals surface area contributed by atoms with Gasteiger partial charge in [0.1, 0.15) is 5.75 Å². The number of imidazole rings is 1. The maximum atomic E-state index is 13.8. The quantitative estimate of drug-likeness (QED) is 0.330. The number of benzene rings is 3. The van der Waals surface area contributed by atoms with Crippen molar-refractivity contribution < 1.29 is 4.74 Å². The number of hydrogen-bond donors (Lipinski definition) is 0. The highest BCUT2D eigenvalue weighted by molar-refractivity contribution is 9.10. The van der Waals surface area contributed by atoms with Crippen molar-refractivity contribution in [2.45, 2.75) is 0 Å². The average Bonchev–Trinajstić information content (AvgIpc) is 3.06. The summed E-state index contributed by atoms with van der Waals surface area (Å²) in [6.07, 6.45) is 1.72. The number of nitrogens with zero attached hydrogens (tertiary/aromatic N) is 3. The van der Waals surface area contributed by atoms with Crippen molar-refractivity contribution in [1.82, 2.24) is 14.1 Å². The van der Waals surface area contributed by atoms with Crippen LogP contribution in [-0.4, -0.2) is 21.2 Å². The van der Waals surface area contributed by atoms with Crippen LogP contribution in [0.1, 0.15) is 0 Å². The molecule has 3 aromatic carbocycles. The normalized spacial score (nSPS) is 11.3. The van der Waals surface area contributed by atoms with E-state index in [1.54, 1.807) is 28.5 Å². The maximum absolute atomic E-state index is 13.8. The van der Waals surface area contributed by atoms with Crippen molar-refractivity contribution in [3.8, 4) is 17.1 Å². The van der Waals surface area contributed by atoms with E-state index in [1.807, 2.05) is 60.7 Å². The molecule has 0 saturated carbocycles. The third-order valence-corrected chi connectivity index (χ3v) is 5.85. The van der Waals surface area contributed by atoms with Crippen LogP contribution in [0.2, 0.25) is 5.02 Å². The monoisotopic (exact) mass is 479 g/mol. The molecule has 5 rings (SSSR count). The smallest absolute Gasteiger partial charge is 0.338 e. The SMILES string of the molecule is COc1cccc(-n2c(=O)n(-c3ccccc3Cl)c3c4cc(Br)ccc4ncc32)c1. The molecule has 0 spiro atoms. The summed E-state index contributed by atoms with van der Waals surface area (Å²) in [7, 11) is 1.60. The Hall–Kier alpha value is -3.09. The van der Waals surface area contributed by atoms with Gasteiger partial charge in [-0.15, -0.1) is 0 Å². The number of fused-ring (bicyclic) bond motifs is 3. The van der Waals surface area contributed by atoms with Gasteiger partial charge in [-0.25, -0.2) is 4.79 Å². The molecule has 0 aliphatic carbocycles. The van der Waals surface area contributed by atoms with Gasteiger partial charge in [0.05, 0.1) is 46.3 Å². The second kappa shape index (κ2) is 7.31. The minimum Gasteiger partial charge on any atom is -0.497 e. The first kappa shape index (κ1) is 18.9. The number of para-hydroxylation sites is 1. The molecule has 30 heavy (non-hydrogen) atoms. The van der Waals surface area contributed by atoms with Gasteiger partial charge in [0.25, 0.3) is 0 Å². The summed E-state index contributed by atoms with van der Waals surface area (Å²) in [4.78, 5) is 18.3. The highest BCUT2D eigenvalue weighted by Crippen LogP contribution is 2.31. The number of ether oxygens (including phenoxy) is 1. The number of aromatic nitrogens is 3. The third-order valence-electron chi connectivity index (χ3n) is 5.03. The minimum atomic E-state index is -0.236. The Kier molecular flexibility index (Phi) is 4.60. The van der Waals surface area contributed by atoms with Crippen LogP contribution in [0.25, 0.3) is 33.3 Å². The second-order valence-electron chi connectivity index (χ2n) is 6.76. The number of rotatable bonds is 3. The lowest BCUT2D eigenvalue weighted by molar-refractivity contribution is 0.414. The fourth-order valence-electron chi connectivity index (χ4n) is 3.69. The van der Waals surface area contributed by atoms with Crippen LogP contribution in [0.15, 0.2) is 82.2 Å². The van der Waals surface area contributed by atoms with Gasteiger partial charge in [-0.3, -0.25) is 14.1 Å². The molecule has 0 aliphatic heterocycles. The Morgan fingerprint density at radius 1 is 1.00 bits per heavy atom. The zero-order chi connectivity index (χ0) is 20.8. The molecular formula is C23H15BrClN3O2. The van der Waals surface area contributed by atoms with E-state index in [4.69, 9.17) is 16.3 Å². The van der Waals surface area contributed by atoms with Crippen LogP contribution in [0.4, 0.5) is 0 Å². The lowest BCUT2D eigenvalue weighted by Crippen LogP contribution is -2.22. The van der Waals surface area contributed by atoms with Gasteiger partial charge in [-0.1, -0.05) is 45.7 Å². The highest BCUT2D eigenvalue weighted by atomic mass is 79.9. The summed E-state index contributed by atoms with van der Waals surface area (Å²) in [6, 6.07) is 20.5. The number of pyridine rings is 1. The van der Waals surface area contributed by atoms with Crippen LogP contribution in [-0.2, 0) is 0 Å². The predicted octanol–water partition coefficient (Wildman–Crippen LogP) is 5.75. The molecule has 0 bridgehead atoms. The van der Waals surface area contributed by atoms with Crippen LogP contribution in [0, 0.1) is 0 Å². The summed E-state index contributed by atoms with van der Waals surface area (Å²) in [6.45, 7) is 0. The Morgan fingerprint density at radius 3 is 2.63 bits per heavy atom. The Morgan fingerprint density at radius 2 is 1.83 bits per heavy atom. The standard InChI is InChI=1S/C23H15BrClN3O2/c1-30-16-6-4-5-15(12-16)27-21-13-26-19-10-9-14(24)11-17(19)22(21)28(23(27)29)20-8-3-2-7-18(20)25/h2-13H,1H3. The largest absolute Gasteiger partial charge is 0.497 e. The number of methoxy groups -OCH3 is 1. The van der Waals surface area contributed by atoms with Crippen molar-refractivity contribution in [2.75, 3.05) is 7.11 Å². The first-order valence-electron chi connectivity index (χ1n) is 9.19. The molecule has 2 aromatic heterocycles. The average molecular weight is 481 g/mol. The Bertz CT molecular complexity index is 1490. The van der Waals surface area contributed by atoms with Gasteiger partial charge in [0.2, 0.25) is 0 Å². The molecule has 2 heterocycles. The highest BCUT2D eigenvalue weighted by Gasteiger charge is 2.20. The fourth-order valence-corrected chi connectivity index (χ4v) is 4.27. The van der Waals surface area contributed by atoms with Gasteiger partial charge in [-0.2, -0.15) is 0 Å². The third kappa shape index (κ3) is 2.91. The zero-order valence-corrected chi connectivity index (χ0v) is 18.2. The lowest BCUT2D eigenvalue weighted by Gasteiger charge is -2.07. The minimum absolute atomic E-state index is 0.236. The van der Waals surface area contributed by atoms with E-state index in [0.717, 1.165) is 20.9 Å². The van der Waals surface area contributed by atoms with Gasteiger partial charge in [0, 0.05) is 15.9 Å². The van der Waals surface area contributed by atoms with Crippen molar-refractivity contribution in [1.29, 1.82) is 0 Å². The summed E-state index contributed by atoms with van der Waals surface area (Å²) in [5, 5.41) is 1.34. The van der Waals surface area contributed by atoms with Gasteiger partial charge < -0.3 is 4.74 Å². The van der Waals surface area contributed by atoms with Crippen LogP contribution in [0.5, 0.6) is 5.75 Å². The molecule has 0 fully saturated rings. The topological polar surface area (TPSA) is 49.0 Å². The van der Waals surface area contributed by atoms with Crippen LogP contribution < -0.4 is 10.4 Å². The Labute approximate surface area is 185 Å². The van der Waals surface area contributed by atoms with E-state index in [9.17, 15) is 4.79 Å². The van der Waals surface area contributed by atoms with Crippen molar-refractivity contribution >= 4 is 49.5 Å². The van der Waals surface area contributed by atoms with Crippen LogP contribution in [0.3, 0.4) is 0 Å². The molecule has 0 unspecified atom stereocenters. The molecule has 7 heteroatoms. The summed E-state index contributed by atoms with van der Waals surface area (Å²) in [5.74, 6) is 0.662. The number of hydrogen-bond acceptors (Lipinski definition) is 3. The van der Waals surface area contributed by atoms with Crippen molar-refractivity contribution in [3.05, 3.63) is 92.9 Å². The van der Waals surface area contributed by atoms with Gasteiger partial charge >= 0.3 is 5.69 Å². The lowest BCUT2D eigenvalue weighted by atomic mass is 10.2. The van der Waals surface area contributed by atoms with E-state index in [-0.39, 0.29) is 5.69 Å². The van der Waals surface area contributed by atoms with Crippen LogP contribution >= 0.6 is 27.5 Å². The zero-order valence-electron chi connectivity index (χ0n) is 15.8. The van der Waals surface area contributed by atoms with E-state index in [2.05, 4.69) is 20.9 Å². The summed E-state index contributed by atoms with van der Waals surface area (Å²) >= 11 is 10.0. The first-order chi connectivity index (χ1) is 14.6. The fraction of sp³-hybridized carbons (Fsp3) is 0.0435. The summed E-state index contributed by atoms with van der Waals surface area (Å²) < 4.78 is 9.54. The maximum Gasteiger partial charge on any atom is 0.338 e. The van der Waals surface area contributed by atoms with Gasteiger partial charge in [-0.05, 0) is 42.5 Å². The molecule has 0 N–H and O–H groups in total. The molecule has 0 radical (unpaired) electrons. The van der Waals surface area contributed by atoms with E-state index < -0.39 is 0 Å². The molecule has 0 amide bonds. The molecular weight excluding hydrogens is 466 g/mol. The van der Waals surface area contributed by atoms with E-state index in [0.29, 0.717) is 27.7 Å². The molecule has 0 atom stereocenters. The summed E-state index contributed by atoms with van der Waals surface area (Å²) in [5.41, 5.74) is 3.27. The number of halogens is 2.